The highest BCUT2D eigenvalue weighted by molar-refractivity contribution is 5.26. The highest BCUT2D eigenvalue weighted by Gasteiger charge is 2.44. The Morgan fingerprint density at radius 2 is 1.83 bits per heavy atom. The van der Waals surface area contributed by atoms with Crippen molar-refractivity contribution < 1.29 is 18.3 Å². The van der Waals surface area contributed by atoms with Gasteiger partial charge >= 0.3 is 0 Å². The van der Waals surface area contributed by atoms with Crippen LogP contribution in [0.1, 0.15) is 37.7 Å². The summed E-state index contributed by atoms with van der Waals surface area (Å²) in [6, 6.07) is 3.49. The molecule has 1 aliphatic carbocycles. The van der Waals surface area contributed by atoms with Crippen molar-refractivity contribution in [1.29, 1.82) is 0 Å². The summed E-state index contributed by atoms with van der Waals surface area (Å²) < 4.78 is 42.8. The Hall–Kier alpha value is -3.05. The van der Waals surface area contributed by atoms with E-state index < -0.39 is 23.1 Å². The second-order valence-corrected chi connectivity index (χ2v) is 9.85. The van der Waals surface area contributed by atoms with Crippen molar-refractivity contribution in [3.8, 4) is 0 Å². The first kappa shape index (κ1) is 23.7. The smallest absolute Gasteiger partial charge is 0.222 e. The number of β-amino-alcohol motifs (C(OH)–C–C–N with tert-alkyl or cyclic N) is 1. The van der Waals surface area contributed by atoms with Gasteiger partial charge in [-0.15, -0.1) is 0 Å². The Bertz CT molecular complexity index is 1140. The molecule has 2 fully saturated rings. The van der Waals surface area contributed by atoms with Gasteiger partial charge in [0.05, 0.1) is 18.9 Å². The van der Waals surface area contributed by atoms with Gasteiger partial charge < -0.3 is 10.4 Å². The van der Waals surface area contributed by atoms with Crippen LogP contribution in [0.15, 0.2) is 43.2 Å². The van der Waals surface area contributed by atoms with E-state index in [-0.39, 0.29) is 30.1 Å². The molecule has 2 aliphatic rings. The van der Waals surface area contributed by atoms with Gasteiger partial charge in [-0.1, -0.05) is 6.07 Å². The summed E-state index contributed by atoms with van der Waals surface area (Å²) in [4.78, 5) is 14.1. The minimum absolute atomic E-state index is 0.00269. The maximum absolute atomic E-state index is 14.7. The normalized spacial score (nSPS) is 24.5. The number of aromatic nitrogens is 5. The molecule has 1 spiro atoms. The lowest BCUT2D eigenvalue weighted by Gasteiger charge is -2.38. The van der Waals surface area contributed by atoms with Crippen LogP contribution in [0.4, 0.5) is 19.1 Å². The predicted molar refractivity (Wildman–Crippen MR) is 122 cm³/mol. The summed E-state index contributed by atoms with van der Waals surface area (Å²) in [5, 5.41) is 19.0. The largest absolute Gasteiger partial charge is 0.382 e. The molecule has 1 saturated carbocycles. The van der Waals surface area contributed by atoms with Crippen molar-refractivity contribution in [2.45, 2.75) is 50.3 Å². The number of hydrogen-bond acceptors (Lipinski definition) is 7. The molecule has 11 heteroatoms. The van der Waals surface area contributed by atoms with Gasteiger partial charge in [0.1, 0.15) is 29.9 Å². The summed E-state index contributed by atoms with van der Waals surface area (Å²) in [5.74, 6) is -1.50. The molecule has 1 atom stereocenters. The summed E-state index contributed by atoms with van der Waals surface area (Å²) in [6.45, 7) is 1.77. The lowest BCUT2D eigenvalue weighted by Crippen LogP contribution is -2.45. The maximum atomic E-state index is 14.7. The van der Waals surface area contributed by atoms with E-state index in [1.54, 1.807) is 0 Å². The number of nitrogens with one attached hydrogen (secondary N) is 1. The Balaban J connectivity index is 1.25. The van der Waals surface area contributed by atoms with Gasteiger partial charge in [0.15, 0.2) is 5.82 Å². The van der Waals surface area contributed by atoms with Crippen LogP contribution in [-0.2, 0) is 12.1 Å². The molecule has 35 heavy (non-hydrogen) atoms. The number of hydrogen-bond donors (Lipinski definition) is 2. The molecular weight excluding hydrogens is 459 g/mol. The van der Waals surface area contributed by atoms with Crippen molar-refractivity contribution in [3.63, 3.8) is 0 Å². The van der Waals surface area contributed by atoms with E-state index in [4.69, 9.17) is 0 Å². The molecule has 1 aromatic carbocycles. The van der Waals surface area contributed by atoms with Crippen LogP contribution in [0.25, 0.3) is 0 Å². The lowest BCUT2D eigenvalue weighted by molar-refractivity contribution is -0.0196. The fraction of sp³-hybridized carbons (Fsp3) is 0.500. The van der Waals surface area contributed by atoms with E-state index in [0.29, 0.717) is 5.95 Å². The highest BCUT2D eigenvalue weighted by Crippen LogP contribution is 2.45. The monoisotopic (exact) mass is 487 g/mol. The first-order valence-corrected chi connectivity index (χ1v) is 11.8. The summed E-state index contributed by atoms with van der Waals surface area (Å²) in [7, 11) is 0. The summed E-state index contributed by atoms with van der Waals surface area (Å²) in [6.07, 6.45) is 9.97. The molecule has 3 heterocycles. The number of likely N-dealkylation sites (tertiary alicyclic amines) is 1. The third-order valence-electron chi connectivity index (χ3n) is 7.33. The van der Waals surface area contributed by atoms with Crippen LogP contribution in [0.3, 0.4) is 0 Å². The average Bonchev–Trinajstić information content (AvgIpc) is 3.47. The van der Waals surface area contributed by atoms with E-state index in [0.717, 1.165) is 69.7 Å². The molecule has 0 radical (unpaired) electrons. The molecule has 0 amide bonds. The van der Waals surface area contributed by atoms with Crippen LogP contribution in [0, 0.1) is 22.9 Å². The van der Waals surface area contributed by atoms with Crippen molar-refractivity contribution in [3.05, 3.63) is 66.3 Å². The highest BCUT2D eigenvalue weighted by atomic mass is 19.1. The van der Waals surface area contributed by atoms with Gasteiger partial charge in [0, 0.05) is 30.8 Å². The average molecular weight is 488 g/mol. The molecule has 1 aliphatic heterocycles. The quantitative estimate of drug-likeness (QED) is 0.529. The molecular formula is C24H28F3N7O. The van der Waals surface area contributed by atoms with E-state index in [1.165, 1.54) is 23.4 Å². The minimum atomic E-state index is -1.60. The minimum Gasteiger partial charge on any atom is -0.382 e. The Morgan fingerprint density at radius 3 is 2.51 bits per heavy atom. The zero-order chi connectivity index (χ0) is 24.5. The van der Waals surface area contributed by atoms with Crippen LogP contribution in [-0.4, -0.2) is 60.4 Å². The topological polar surface area (TPSA) is 92.0 Å². The van der Waals surface area contributed by atoms with Gasteiger partial charge in [-0.05, 0) is 50.1 Å². The number of aliphatic hydroxyl groups is 1. The molecule has 186 valence electrons. The molecule has 1 saturated heterocycles. The van der Waals surface area contributed by atoms with E-state index >= 15 is 0 Å². The molecule has 2 N–H and O–H groups in total. The Kier molecular flexibility index (Phi) is 6.45. The first-order chi connectivity index (χ1) is 16.8. The van der Waals surface area contributed by atoms with Gasteiger partial charge in [-0.3, -0.25) is 4.90 Å². The van der Waals surface area contributed by atoms with Gasteiger partial charge in [0.25, 0.3) is 0 Å². The molecule has 8 nitrogen and oxygen atoms in total. The third-order valence-corrected chi connectivity index (χ3v) is 7.33. The van der Waals surface area contributed by atoms with Crippen molar-refractivity contribution >= 4 is 5.95 Å². The maximum Gasteiger partial charge on any atom is 0.222 e. The second-order valence-electron chi connectivity index (χ2n) is 9.85. The third kappa shape index (κ3) is 5.30. The van der Waals surface area contributed by atoms with Crippen LogP contribution in [0.2, 0.25) is 0 Å². The Labute approximate surface area is 201 Å². The molecule has 0 bridgehead atoms. The van der Waals surface area contributed by atoms with Gasteiger partial charge in [-0.2, -0.15) is 5.10 Å². The number of halogens is 3. The predicted octanol–water partition coefficient (Wildman–Crippen LogP) is 3.12. The van der Waals surface area contributed by atoms with Crippen molar-refractivity contribution in [2.24, 2.45) is 5.41 Å². The van der Waals surface area contributed by atoms with E-state index in [9.17, 15) is 18.3 Å². The van der Waals surface area contributed by atoms with Gasteiger partial charge in [0.2, 0.25) is 5.95 Å². The van der Waals surface area contributed by atoms with Crippen molar-refractivity contribution in [1.82, 2.24) is 29.6 Å². The zero-order valence-electron chi connectivity index (χ0n) is 19.2. The standard InChI is InChI=1S/C24H28F3N7O/c25-17-1-2-20(21(27)9-17)24(35,14-34-16-28-15-31-34)13-33-8-7-23(12-33)5-3-19(4-6-23)32-22-29-10-18(26)11-30-22/h1-2,9-11,15-16,19,35H,3-8,12-14H2,(H,29,30,32). The molecule has 2 aromatic heterocycles. The fourth-order valence-electron chi connectivity index (χ4n) is 5.55. The van der Waals surface area contributed by atoms with Crippen LogP contribution < -0.4 is 5.32 Å². The summed E-state index contributed by atoms with van der Waals surface area (Å²) in [5.41, 5.74) is -1.44. The van der Waals surface area contributed by atoms with E-state index in [2.05, 4.69) is 30.3 Å². The zero-order valence-corrected chi connectivity index (χ0v) is 19.2. The molecule has 5 rings (SSSR count). The fourth-order valence-corrected chi connectivity index (χ4v) is 5.55. The molecule has 1 unspecified atom stereocenters. The number of anilines is 1. The summed E-state index contributed by atoms with van der Waals surface area (Å²) >= 11 is 0. The first-order valence-electron chi connectivity index (χ1n) is 11.8. The van der Waals surface area contributed by atoms with E-state index in [1.807, 2.05) is 0 Å². The number of rotatable bonds is 7. The number of nitrogens with zero attached hydrogens (tertiary/aromatic N) is 6. The van der Waals surface area contributed by atoms with Crippen molar-refractivity contribution in [2.75, 3.05) is 25.0 Å². The lowest BCUT2D eigenvalue weighted by atomic mass is 9.72. The second kappa shape index (κ2) is 9.54. The molecule has 3 aromatic rings. The number of benzene rings is 1. The SMILES string of the molecule is OC(CN1CCC2(CCC(Nc3ncc(F)cn3)CC2)C1)(Cn1cncn1)c1ccc(F)cc1F. The van der Waals surface area contributed by atoms with Crippen LogP contribution >= 0.6 is 0 Å². The Morgan fingerprint density at radius 1 is 1.06 bits per heavy atom. The van der Waals surface area contributed by atoms with Crippen LogP contribution in [0.5, 0.6) is 0 Å². The van der Waals surface area contributed by atoms with Gasteiger partial charge in [-0.25, -0.2) is 32.8 Å².